The molecule has 1 fully saturated rings. The summed E-state index contributed by atoms with van der Waals surface area (Å²) in [5.41, 5.74) is 1.43. The fraction of sp³-hybridized carbons (Fsp3) is 0.417. The van der Waals surface area contributed by atoms with Crippen molar-refractivity contribution in [2.45, 2.75) is 36.5 Å². The van der Waals surface area contributed by atoms with Gasteiger partial charge >= 0.3 is 6.61 Å². The van der Waals surface area contributed by atoms with Crippen molar-refractivity contribution in [3.05, 3.63) is 53.6 Å². The molecule has 196 valence electrons. The summed E-state index contributed by atoms with van der Waals surface area (Å²) in [7, 11) is -1.61. The Morgan fingerprint density at radius 2 is 2.06 bits per heavy atom. The molecule has 1 saturated heterocycles. The molecular formula is C24H29F2N3O6S. The second-order valence-corrected chi connectivity index (χ2v) is 11.1. The normalized spacial score (nSPS) is 21.0. The van der Waals surface area contributed by atoms with E-state index in [1.54, 1.807) is 31.3 Å². The second kappa shape index (κ2) is 10.7. The van der Waals surface area contributed by atoms with E-state index in [2.05, 4.69) is 10.1 Å². The van der Waals surface area contributed by atoms with Gasteiger partial charge in [0.05, 0.1) is 29.1 Å². The number of likely N-dealkylation sites (N-methyl/N-ethyl adjacent to an activating group) is 1. The third-order valence-electron chi connectivity index (χ3n) is 6.37. The summed E-state index contributed by atoms with van der Waals surface area (Å²) in [5.74, 6) is -1.20. The summed E-state index contributed by atoms with van der Waals surface area (Å²) >= 11 is 0. The summed E-state index contributed by atoms with van der Waals surface area (Å²) in [6.45, 7) is -1.50. The average Bonchev–Trinajstić information content (AvgIpc) is 3.20. The highest BCUT2D eigenvalue weighted by molar-refractivity contribution is 8.25. The van der Waals surface area contributed by atoms with Crippen molar-refractivity contribution in [3.8, 4) is 5.75 Å². The molecule has 0 radical (unpaired) electrons. The minimum Gasteiger partial charge on any atom is -0.435 e. The maximum atomic E-state index is 13.3. The van der Waals surface area contributed by atoms with Crippen LogP contribution >= 0.6 is 10.6 Å². The number of β-amino-alcohol motifs (C(OH)–C–C–N with tert-alkyl or cyclic N) is 1. The van der Waals surface area contributed by atoms with Gasteiger partial charge in [-0.15, -0.1) is 0 Å². The first-order valence-corrected chi connectivity index (χ1v) is 13.1. The molecule has 0 aliphatic carbocycles. The molecule has 2 aromatic rings. The number of hydrogen-bond acceptors (Lipinski definition) is 7. The first-order chi connectivity index (χ1) is 17.0. The Hall–Kier alpha value is -2.77. The van der Waals surface area contributed by atoms with Gasteiger partial charge in [-0.1, -0.05) is 18.2 Å². The SMILES string of the molecule is CN(C(=O)Cc1ccc2c(c1)NC(=O)CS2(O)O)[C@H](CN1CC[C@H](O)C1)c1cccc(OC(F)F)c1. The largest absolute Gasteiger partial charge is 0.435 e. The molecule has 0 aromatic heterocycles. The highest BCUT2D eigenvalue weighted by Crippen LogP contribution is 2.53. The maximum Gasteiger partial charge on any atom is 0.387 e. The monoisotopic (exact) mass is 525 g/mol. The predicted octanol–water partition coefficient (Wildman–Crippen LogP) is 3.16. The minimum absolute atomic E-state index is 0.0146. The second-order valence-electron chi connectivity index (χ2n) is 9.04. The number of likely N-dealkylation sites (tertiary alicyclic amines) is 1. The van der Waals surface area contributed by atoms with E-state index in [4.69, 9.17) is 0 Å². The molecular weight excluding hydrogens is 496 g/mol. The number of carbonyl (C=O) groups is 2. The number of alkyl halides is 2. The van der Waals surface area contributed by atoms with Crippen molar-refractivity contribution in [2.24, 2.45) is 0 Å². The fourth-order valence-electron chi connectivity index (χ4n) is 4.56. The zero-order valence-corrected chi connectivity index (χ0v) is 20.5. The highest BCUT2D eigenvalue weighted by Gasteiger charge is 2.31. The van der Waals surface area contributed by atoms with Crippen LogP contribution in [0.1, 0.15) is 23.6 Å². The van der Waals surface area contributed by atoms with Crippen LogP contribution in [0.2, 0.25) is 0 Å². The first kappa shape index (κ1) is 26.3. The molecule has 2 aliphatic heterocycles. The predicted molar refractivity (Wildman–Crippen MR) is 130 cm³/mol. The number of amides is 2. The summed E-state index contributed by atoms with van der Waals surface area (Å²) in [6, 6.07) is 10.4. The molecule has 36 heavy (non-hydrogen) atoms. The average molecular weight is 526 g/mol. The molecule has 12 heteroatoms. The summed E-state index contributed by atoms with van der Waals surface area (Å²) in [5, 5.41) is 12.5. The van der Waals surface area contributed by atoms with E-state index in [-0.39, 0.29) is 28.7 Å². The number of nitrogens with one attached hydrogen (secondary N) is 1. The van der Waals surface area contributed by atoms with E-state index >= 15 is 0 Å². The number of nitrogens with zero attached hydrogens (tertiary/aromatic N) is 2. The number of halogens is 2. The van der Waals surface area contributed by atoms with Gasteiger partial charge in [0.25, 0.3) is 0 Å². The lowest BCUT2D eigenvalue weighted by atomic mass is 10.0. The number of rotatable bonds is 8. The van der Waals surface area contributed by atoms with Crippen molar-refractivity contribution < 1.29 is 37.3 Å². The van der Waals surface area contributed by atoms with Crippen molar-refractivity contribution >= 4 is 28.1 Å². The molecule has 0 bridgehead atoms. The molecule has 4 N–H and O–H groups in total. The van der Waals surface area contributed by atoms with Crippen LogP contribution < -0.4 is 10.1 Å². The van der Waals surface area contributed by atoms with E-state index in [1.165, 1.54) is 23.1 Å². The molecule has 0 unspecified atom stereocenters. The van der Waals surface area contributed by atoms with E-state index in [9.17, 15) is 32.6 Å². The summed E-state index contributed by atoms with van der Waals surface area (Å²) < 4.78 is 50.5. The van der Waals surface area contributed by atoms with Crippen LogP contribution in [-0.2, 0) is 16.0 Å². The number of aliphatic hydroxyl groups excluding tert-OH is 1. The van der Waals surface area contributed by atoms with Crippen LogP contribution in [0.25, 0.3) is 0 Å². The molecule has 4 rings (SSSR count). The number of anilines is 1. The lowest BCUT2D eigenvalue weighted by Crippen LogP contribution is -2.39. The Morgan fingerprint density at radius 3 is 2.75 bits per heavy atom. The zero-order valence-electron chi connectivity index (χ0n) is 19.6. The summed E-state index contributed by atoms with van der Waals surface area (Å²) in [6.07, 6.45) is 0.114. The Labute approximate surface area is 209 Å². The van der Waals surface area contributed by atoms with Gasteiger partial charge in [-0.2, -0.15) is 19.4 Å². The Bertz CT molecular complexity index is 1130. The van der Waals surface area contributed by atoms with Gasteiger partial charge in [0.15, 0.2) is 0 Å². The van der Waals surface area contributed by atoms with Gasteiger partial charge in [-0.3, -0.25) is 23.6 Å². The number of aliphatic hydroxyl groups is 1. The van der Waals surface area contributed by atoms with Gasteiger partial charge in [-0.25, -0.2) is 0 Å². The van der Waals surface area contributed by atoms with E-state index < -0.39 is 41.0 Å². The van der Waals surface area contributed by atoms with Crippen LogP contribution in [0.15, 0.2) is 47.4 Å². The molecule has 2 aromatic carbocycles. The Morgan fingerprint density at radius 1 is 1.28 bits per heavy atom. The molecule has 2 amide bonds. The van der Waals surface area contributed by atoms with Crippen LogP contribution in [-0.4, -0.2) is 81.0 Å². The Balaban J connectivity index is 1.56. The molecule has 2 atom stereocenters. The number of ether oxygens (including phenoxy) is 1. The third kappa shape index (κ3) is 6.13. The number of fused-ring (bicyclic) bond motifs is 1. The number of carbonyl (C=O) groups excluding carboxylic acids is 2. The van der Waals surface area contributed by atoms with Crippen LogP contribution in [0.3, 0.4) is 0 Å². The number of benzene rings is 2. The molecule has 2 aliphatic rings. The van der Waals surface area contributed by atoms with E-state index in [0.717, 1.165) is 0 Å². The lowest BCUT2D eigenvalue weighted by molar-refractivity contribution is -0.131. The quantitative estimate of drug-likeness (QED) is 0.418. The number of hydrogen-bond donors (Lipinski definition) is 4. The standard InChI is InChI=1S/C24H29F2N3O6S/c1-28(23(32)10-15-5-6-21-19(9-15)27-22(31)14-36(21,33)34)20(13-29-8-7-17(30)12-29)16-3-2-4-18(11-16)35-24(25)26/h2-6,9,11,17,20,24,30,33-34H,7-8,10,12-14H2,1H3,(H,27,31)/t17-,20+/m0/s1. The van der Waals surface area contributed by atoms with Gasteiger partial charge < -0.3 is 20.1 Å². The Kier molecular flexibility index (Phi) is 7.81. The highest BCUT2D eigenvalue weighted by atomic mass is 32.3. The molecule has 0 spiro atoms. The van der Waals surface area contributed by atoms with Gasteiger partial charge in [0.1, 0.15) is 11.5 Å². The zero-order chi connectivity index (χ0) is 26.0. The molecule has 0 saturated carbocycles. The van der Waals surface area contributed by atoms with Crippen LogP contribution in [0.4, 0.5) is 14.5 Å². The fourth-order valence-corrected chi connectivity index (χ4v) is 5.90. The van der Waals surface area contributed by atoms with E-state index in [0.29, 0.717) is 37.2 Å². The molecule has 9 nitrogen and oxygen atoms in total. The van der Waals surface area contributed by atoms with Crippen LogP contribution in [0, 0.1) is 0 Å². The third-order valence-corrected chi connectivity index (χ3v) is 8.09. The molecule has 2 heterocycles. The lowest BCUT2D eigenvalue weighted by Gasteiger charge is -2.37. The van der Waals surface area contributed by atoms with E-state index in [1.807, 2.05) is 4.90 Å². The van der Waals surface area contributed by atoms with Crippen molar-refractivity contribution in [1.29, 1.82) is 0 Å². The topological polar surface area (TPSA) is 123 Å². The van der Waals surface area contributed by atoms with Gasteiger partial charge in [0, 0.05) is 26.7 Å². The van der Waals surface area contributed by atoms with Crippen molar-refractivity contribution in [3.63, 3.8) is 0 Å². The first-order valence-electron chi connectivity index (χ1n) is 11.4. The van der Waals surface area contributed by atoms with Gasteiger partial charge in [0.2, 0.25) is 11.8 Å². The minimum atomic E-state index is -3.23. The van der Waals surface area contributed by atoms with Crippen molar-refractivity contribution in [2.75, 3.05) is 37.8 Å². The van der Waals surface area contributed by atoms with Crippen LogP contribution in [0.5, 0.6) is 5.75 Å². The van der Waals surface area contributed by atoms with Gasteiger partial charge in [-0.05, 0) is 41.8 Å². The smallest absolute Gasteiger partial charge is 0.387 e. The van der Waals surface area contributed by atoms with Crippen molar-refractivity contribution in [1.82, 2.24) is 9.80 Å². The maximum absolute atomic E-state index is 13.3. The summed E-state index contributed by atoms with van der Waals surface area (Å²) in [4.78, 5) is 28.9.